The smallest absolute Gasteiger partial charge is 0.340 e. The first-order valence-electron chi connectivity index (χ1n) is 5.60. The SMILES string of the molecule is CCOC(=O)[C@@](C)(O)[C@H](O)C1COC(C)(C)O1. The summed E-state index contributed by atoms with van der Waals surface area (Å²) in [6.07, 6.45) is -2.16. The van der Waals surface area contributed by atoms with E-state index in [-0.39, 0.29) is 13.2 Å². The Morgan fingerprint density at radius 2 is 2.24 bits per heavy atom. The van der Waals surface area contributed by atoms with Gasteiger partial charge in [-0.15, -0.1) is 0 Å². The minimum atomic E-state index is -2.01. The summed E-state index contributed by atoms with van der Waals surface area (Å²) in [5.74, 6) is -1.70. The molecular formula is C11H20O6. The number of rotatable bonds is 4. The Kier molecular flexibility index (Phi) is 4.14. The highest BCUT2D eigenvalue weighted by Gasteiger charge is 2.48. The van der Waals surface area contributed by atoms with Crippen LogP contribution in [0.1, 0.15) is 27.7 Å². The first kappa shape index (κ1) is 14.4. The number of carbonyl (C=O) groups excluding carboxylic acids is 1. The van der Waals surface area contributed by atoms with Crippen molar-refractivity contribution in [3.05, 3.63) is 0 Å². The van der Waals surface area contributed by atoms with Gasteiger partial charge in [-0.2, -0.15) is 0 Å². The Balaban J connectivity index is 2.69. The molecule has 0 aromatic heterocycles. The van der Waals surface area contributed by atoms with Crippen LogP contribution in [0.5, 0.6) is 0 Å². The molecule has 2 N–H and O–H groups in total. The molecule has 0 saturated carbocycles. The molecule has 1 saturated heterocycles. The molecule has 1 aliphatic rings. The van der Waals surface area contributed by atoms with Gasteiger partial charge in [-0.3, -0.25) is 0 Å². The van der Waals surface area contributed by atoms with Gasteiger partial charge in [0, 0.05) is 0 Å². The second-order valence-corrected chi connectivity index (χ2v) is 4.68. The van der Waals surface area contributed by atoms with Crippen molar-refractivity contribution in [1.29, 1.82) is 0 Å². The second kappa shape index (κ2) is 4.89. The molecule has 0 radical (unpaired) electrons. The van der Waals surface area contributed by atoms with Crippen LogP contribution in [0, 0.1) is 0 Å². The molecule has 17 heavy (non-hydrogen) atoms. The van der Waals surface area contributed by atoms with E-state index in [0.29, 0.717) is 0 Å². The lowest BCUT2D eigenvalue weighted by Crippen LogP contribution is -2.54. The molecule has 1 heterocycles. The Hall–Kier alpha value is -0.690. The number of aliphatic hydroxyl groups excluding tert-OH is 1. The van der Waals surface area contributed by atoms with Crippen molar-refractivity contribution < 1.29 is 29.2 Å². The van der Waals surface area contributed by atoms with Crippen LogP contribution in [-0.4, -0.2) is 53.0 Å². The fourth-order valence-electron chi connectivity index (χ4n) is 1.63. The zero-order chi connectivity index (χ0) is 13.3. The quantitative estimate of drug-likeness (QED) is 0.671. The lowest BCUT2D eigenvalue weighted by molar-refractivity contribution is -0.195. The molecule has 0 aromatic carbocycles. The van der Waals surface area contributed by atoms with E-state index < -0.39 is 29.6 Å². The number of aliphatic hydroxyl groups is 2. The highest BCUT2D eigenvalue weighted by atomic mass is 16.7. The third-order valence-corrected chi connectivity index (χ3v) is 2.65. The summed E-state index contributed by atoms with van der Waals surface area (Å²) < 4.78 is 15.3. The molecule has 6 heteroatoms. The molecule has 0 amide bonds. The van der Waals surface area contributed by atoms with Gasteiger partial charge in [-0.05, 0) is 27.7 Å². The van der Waals surface area contributed by atoms with Crippen LogP contribution in [0.15, 0.2) is 0 Å². The minimum absolute atomic E-state index is 0.115. The summed E-state index contributed by atoms with van der Waals surface area (Å²) in [4.78, 5) is 11.5. The van der Waals surface area contributed by atoms with Crippen LogP contribution >= 0.6 is 0 Å². The van der Waals surface area contributed by atoms with E-state index in [9.17, 15) is 15.0 Å². The fourth-order valence-corrected chi connectivity index (χ4v) is 1.63. The van der Waals surface area contributed by atoms with E-state index in [0.717, 1.165) is 0 Å². The highest BCUT2D eigenvalue weighted by Crippen LogP contribution is 2.28. The first-order chi connectivity index (χ1) is 7.70. The van der Waals surface area contributed by atoms with Crippen molar-refractivity contribution in [3.8, 4) is 0 Å². The van der Waals surface area contributed by atoms with Crippen molar-refractivity contribution in [1.82, 2.24) is 0 Å². The maximum absolute atomic E-state index is 11.5. The summed E-state index contributed by atoms with van der Waals surface area (Å²) in [5, 5.41) is 19.9. The van der Waals surface area contributed by atoms with Crippen molar-refractivity contribution in [3.63, 3.8) is 0 Å². The van der Waals surface area contributed by atoms with Gasteiger partial charge in [0.1, 0.15) is 12.2 Å². The van der Waals surface area contributed by atoms with E-state index >= 15 is 0 Å². The van der Waals surface area contributed by atoms with Crippen molar-refractivity contribution in [2.45, 2.75) is 51.3 Å². The normalized spacial score (nSPS) is 28.5. The monoisotopic (exact) mass is 248 g/mol. The van der Waals surface area contributed by atoms with E-state index in [2.05, 4.69) is 0 Å². The average Bonchev–Trinajstić information content (AvgIpc) is 2.58. The number of ether oxygens (including phenoxy) is 3. The largest absolute Gasteiger partial charge is 0.464 e. The molecule has 1 fully saturated rings. The van der Waals surface area contributed by atoms with Crippen LogP contribution in [0.2, 0.25) is 0 Å². The number of hydrogen-bond acceptors (Lipinski definition) is 6. The summed E-state index contributed by atoms with van der Waals surface area (Å²) in [7, 11) is 0. The van der Waals surface area contributed by atoms with Gasteiger partial charge in [0.15, 0.2) is 11.4 Å². The second-order valence-electron chi connectivity index (χ2n) is 4.68. The Morgan fingerprint density at radius 3 is 2.65 bits per heavy atom. The molecule has 0 aliphatic carbocycles. The average molecular weight is 248 g/mol. The molecule has 0 spiro atoms. The zero-order valence-electron chi connectivity index (χ0n) is 10.6. The minimum Gasteiger partial charge on any atom is -0.464 e. The fraction of sp³-hybridized carbons (Fsp3) is 0.909. The molecule has 0 bridgehead atoms. The van der Waals surface area contributed by atoms with E-state index in [1.807, 2.05) is 0 Å². The highest BCUT2D eigenvalue weighted by molar-refractivity contribution is 5.79. The van der Waals surface area contributed by atoms with Crippen LogP contribution in [0.4, 0.5) is 0 Å². The third kappa shape index (κ3) is 3.16. The number of hydrogen-bond donors (Lipinski definition) is 2. The third-order valence-electron chi connectivity index (χ3n) is 2.65. The van der Waals surface area contributed by atoms with Gasteiger partial charge in [0.2, 0.25) is 0 Å². The van der Waals surface area contributed by atoms with Crippen LogP contribution in [-0.2, 0) is 19.0 Å². The van der Waals surface area contributed by atoms with Crippen LogP contribution in [0.25, 0.3) is 0 Å². The molecule has 1 rings (SSSR count). The summed E-state index contributed by atoms with van der Waals surface area (Å²) >= 11 is 0. The van der Waals surface area contributed by atoms with Gasteiger partial charge in [-0.1, -0.05) is 0 Å². The van der Waals surface area contributed by atoms with E-state index in [1.54, 1.807) is 20.8 Å². The topological polar surface area (TPSA) is 85.2 Å². The standard InChI is InChI=1S/C11H20O6/c1-5-15-9(13)11(4,14)8(12)7-6-16-10(2,3)17-7/h7-8,12,14H,5-6H2,1-4H3/t7?,8-,11+/m1/s1. The lowest BCUT2D eigenvalue weighted by Gasteiger charge is -2.30. The van der Waals surface area contributed by atoms with Crippen LogP contribution < -0.4 is 0 Å². The summed E-state index contributed by atoms with van der Waals surface area (Å²) in [5.41, 5.74) is -2.01. The Bertz CT molecular complexity index is 286. The van der Waals surface area contributed by atoms with Crippen molar-refractivity contribution >= 4 is 5.97 Å². The maximum Gasteiger partial charge on any atom is 0.340 e. The predicted octanol–water partition coefficient (Wildman–Crippen LogP) is -0.187. The van der Waals surface area contributed by atoms with Gasteiger partial charge in [0.25, 0.3) is 0 Å². The van der Waals surface area contributed by atoms with Crippen LogP contribution in [0.3, 0.4) is 0 Å². The Labute approximate surface area is 100 Å². The molecule has 1 unspecified atom stereocenters. The van der Waals surface area contributed by atoms with Gasteiger partial charge < -0.3 is 24.4 Å². The molecule has 0 aromatic rings. The Morgan fingerprint density at radius 1 is 1.65 bits per heavy atom. The molecule has 1 aliphatic heterocycles. The van der Waals surface area contributed by atoms with E-state index in [1.165, 1.54) is 6.92 Å². The predicted molar refractivity (Wildman–Crippen MR) is 58.2 cm³/mol. The molecule has 3 atom stereocenters. The maximum atomic E-state index is 11.5. The van der Waals surface area contributed by atoms with Crippen molar-refractivity contribution in [2.24, 2.45) is 0 Å². The molecule has 6 nitrogen and oxygen atoms in total. The van der Waals surface area contributed by atoms with Crippen molar-refractivity contribution in [2.75, 3.05) is 13.2 Å². The number of carbonyl (C=O) groups is 1. The summed E-state index contributed by atoms with van der Waals surface area (Å²) in [6, 6.07) is 0. The zero-order valence-corrected chi connectivity index (χ0v) is 10.6. The molecule has 100 valence electrons. The first-order valence-corrected chi connectivity index (χ1v) is 5.60. The lowest BCUT2D eigenvalue weighted by atomic mass is 9.95. The van der Waals surface area contributed by atoms with E-state index in [4.69, 9.17) is 14.2 Å². The molecular weight excluding hydrogens is 228 g/mol. The summed E-state index contributed by atoms with van der Waals surface area (Å²) in [6.45, 7) is 6.46. The van der Waals surface area contributed by atoms with Gasteiger partial charge in [-0.25, -0.2) is 4.79 Å². The number of esters is 1. The van der Waals surface area contributed by atoms with Gasteiger partial charge in [0.05, 0.1) is 13.2 Å². The van der Waals surface area contributed by atoms with Gasteiger partial charge >= 0.3 is 5.97 Å².